The van der Waals surface area contributed by atoms with Crippen molar-refractivity contribution in [3.63, 3.8) is 0 Å². The van der Waals surface area contributed by atoms with E-state index in [4.69, 9.17) is 4.74 Å². The van der Waals surface area contributed by atoms with E-state index in [0.29, 0.717) is 13.0 Å². The lowest BCUT2D eigenvalue weighted by molar-refractivity contribution is -0.108. The lowest BCUT2D eigenvalue weighted by Gasteiger charge is -2.10. The van der Waals surface area contributed by atoms with Crippen molar-refractivity contribution in [2.75, 3.05) is 6.61 Å². The van der Waals surface area contributed by atoms with Crippen LogP contribution in [0.2, 0.25) is 0 Å². The highest BCUT2D eigenvalue weighted by molar-refractivity contribution is 5.51. The highest BCUT2D eigenvalue weighted by Crippen LogP contribution is 2.21. The molecule has 1 atom stereocenters. The summed E-state index contributed by atoms with van der Waals surface area (Å²) in [7, 11) is 0. The second kappa shape index (κ2) is 6.11. The smallest absolute Gasteiger partial charge is 0.120 e. The molecule has 0 N–H and O–H groups in total. The minimum absolute atomic E-state index is 0.271. The third-order valence-electron chi connectivity index (χ3n) is 2.38. The highest BCUT2D eigenvalue weighted by Gasteiger charge is 2.04. The Balaban J connectivity index is 2.60. The zero-order chi connectivity index (χ0) is 12.0. The third kappa shape index (κ3) is 3.89. The fourth-order valence-electron chi connectivity index (χ4n) is 1.38. The topological polar surface area (TPSA) is 26.3 Å². The molecule has 0 spiro atoms. The highest BCUT2D eigenvalue weighted by atomic mass is 16.5. The van der Waals surface area contributed by atoms with E-state index in [2.05, 4.69) is 6.58 Å². The van der Waals surface area contributed by atoms with Crippen LogP contribution in [0, 0.1) is 0 Å². The summed E-state index contributed by atoms with van der Waals surface area (Å²) in [6, 6.07) is 7.86. The van der Waals surface area contributed by atoms with E-state index in [1.54, 1.807) is 0 Å². The number of rotatable bonds is 6. The van der Waals surface area contributed by atoms with Crippen LogP contribution in [-0.4, -0.2) is 12.9 Å². The molecule has 0 amide bonds. The summed E-state index contributed by atoms with van der Waals surface area (Å²) in [6.45, 7) is 8.29. The lowest BCUT2D eigenvalue weighted by atomic mass is 9.99. The van der Waals surface area contributed by atoms with Crippen LogP contribution in [0.3, 0.4) is 0 Å². The first-order chi connectivity index (χ1) is 7.63. The van der Waals surface area contributed by atoms with Gasteiger partial charge in [0.05, 0.1) is 0 Å². The first-order valence-corrected chi connectivity index (χ1v) is 5.44. The van der Waals surface area contributed by atoms with Crippen LogP contribution in [0.15, 0.2) is 36.4 Å². The summed E-state index contributed by atoms with van der Waals surface area (Å²) >= 11 is 0. The van der Waals surface area contributed by atoms with Gasteiger partial charge < -0.3 is 9.53 Å². The molecule has 0 saturated carbocycles. The molecule has 0 heterocycles. The first kappa shape index (κ1) is 12.5. The number of benzene rings is 1. The summed E-state index contributed by atoms with van der Waals surface area (Å²) < 4.78 is 5.49. The van der Waals surface area contributed by atoms with Crippen LogP contribution < -0.4 is 4.74 Å². The van der Waals surface area contributed by atoms with E-state index in [-0.39, 0.29) is 5.92 Å². The average Bonchev–Trinajstić information content (AvgIpc) is 2.27. The zero-order valence-corrected chi connectivity index (χ0v) is 9.90. The van der Waals surface area contributed by atoms with E-state index in [1.807, 2.05) is 38.1 Å². The van der Waals surface area contributed by atoms with Crippen molar-refractivity contribution in [2.24, 2.45) is 0 Å². The summed E-state index contributed by atoms with van der Waals surface area (Å²) in [5.41, 5.74) is 2.16. The van der Waals surface area contributed by atoms with Gasteiger partial charge in [-0.05, 0) is 36.1 Å². The molecule has 0 aliphatic heterocycles. The predicted octanol–water partition coefficient (Wildman–Crippen LogP) is 3.33. The third-order valence-corrected chi connectivity index (χ3v) is 2.38. The molecule has 86 valence electrons. The summed E-state index contributed by atoms with van der Waals surface area (Å²) in [4.78, 5) is 10.4. The van der Waals surface area contributed by atoms with Crippen molar-refractivity contribution in [1.29, 1.82) is 0 Å². The molecule has 0 saturated heterocycles. The Hall–Kier alpha value is -1.57. The molecular weight excluding hydrogens is 200 g/mol. The minimum Gasteiger partial charge on any atom is -0.489 e. The molecule has 0 aromatic heterocycles. The maximum atomic E-state index is 10.4. The van der Waals surface area contributed by atoms with Crippen LogP contribution in [0.25, 0.3) is 0 Å². The maximum absolute atomic E-state index is 10.4. The van der Waals surface area contributed by atoms with Gasteiger partial charge in [-0.3, -0.25) is 0 Å². The molecule has 1 aromatic carbocycles. The van der Waals surface area contributed by atoms with E-state index in [0.717, 1.165) is 23.2 Å². The Labute approximate surface area is 96.9 Å². The van der Waals surface area contributed by atoms with Gasteiger partial charge in [0, 0.05) is 6.42 Å². The van der Waals surface area contributed by atoms with Gasteiger partial charge in [0.25, 0.3) is 0 Å². The molecular formula is C14H18O2. The standard InChI is InChI=1S/C14H18O2/c1-11(2)10-16-14-6-4-13(5-7-14)12(3)8-9-15/h4-7,9,12H,1,8,10H2,2-3H3. The first-order valence-electron chi connectivity index (χ1n) is 5.44. The molecule has 0 fully saturated rings. The summed E-state index contributed by atoms with van der Waals surface area (Å²) in [5.74, 6) is 1.11. The van der Waals surface area contributed by atoms with Crippen molar-refractivity contribution < 1.29 is 9.53 Å². The molecule has 1 aromatic rings. The Kier molecular flexibility index (Phi) is 4.77. The van der Waals surface area contributed by atoms with Gasteiger partial charge in [0.1, 0.15) is 18.6 Å². The molecule has 1 rings (SSSR count). The Bertz CT molecular complexity index is 352. The van der Waals surface area contributed by atoms with Gasteiger partial charge in [-0.1, -0.05) is 25.6 Å². The van der Waals surface area contributed by atoms with Crippen molar-refractivity contribution in [1.82, 2.24) is 0 Å². The van der Waals surface area contributed by atoms with Crippen LogP contribution in [-0.2, 0) is 4.79 Å². The summed E-state index contributed by atoms with van der Waals surface area (Å²) in [6.07, 6.45) is 1.52. The number of carbonyl (C=O) groups excluding carboxylic acids is 1. The molecule has 2 nitrogen and oxygen atoms in total. The normalized spacial score (nSPS) is 11.9. The molecule has 0 radical (unpaired) electrons. The number of ether oxygens (including phenoxy) is 1. The van der Waals surface area contributed by atoms with Crippen molar-refractivity contribution in [2.45, 2.75) is 26.2 Å². The van der Waals surface area contributed by atoms with Gasteiger partial charge in [-0.25, -0.2) is 0 Å². The molecule has 16 heavy (non-hydrogen) atoms. The molecule has 2 heteroatoms. The predicted molar refractivity (Wildman–Crippen MR) is 65.8 cm³/mol. The van der Waals surface area contributed by atoms with Gasteiger partial charge in [0.15, 0.2) is 0 Å². The van der Waals surface area contributed by atoms with Gasteiger partial charge in [0.2, 0.25) is 0 Å². The van der Waals surface area contributed by atoms with Crippen LogP contribution in [0.1, 0.15) is 31.7 Å². The minimum atomic E-state index is 0.271. The average molecular weight is 218 g/mol. The number of carbonyl (C=O) groups is 1. The zero-order valence-electron chi connectivity index (χ0n) is 9.90. The van der Waals surface area contributed by atoms with Gasteiger partial charge in [-0.2, -0.15) is 0 Å². The molecule has 0 aliphatic carbocycles. The van der Waals surface area contributed by atoms with Crippen molar-refractivity contribution in [3.8, 4) is 5.75 Å². The molecule has 1 unspecified atom stereocenters. The Morgan fingerprint density at radius 1 is 1.44 bits per heavy atom. The van der Waals surface area contributed by atoms with E-state index < -0.39 is 0 Å². The second-order valence-corrected chi connectivity index (χ2v) is 4.12. The molecule has 0 bridgehead atoms. The van der Waals surface area contributed by atoms with Crippen LogP contribution in [0.5, 0.6) is 5.75 Å². The van der Waals surface area contributed by atoms with Gasteiger partial charge >= 0.3 is 0 Å². The number of hydrogen-bond donors (Lipinski definition) is 0. The fraction of sp³-hybridized carbons (Fsp3) is 0.357. The number of aldehydes is 1. The maximum Gasteiger partial charge on any atom is 0.120 e. The Morgan fingerprint density at radius 2 is 2.06 bits per heavy atom. The SMILES string of the molecule is C=C(C)COc1ccc(C(C)CC=O)cc1. The quantitative estimate of drug-likeness (QED) is 0.540. The largest absolute Gasteiger partial charge is 0.489 e. The molecule has 0 aliphatic rings. The van der Waals surface area contributed by atoms with E-state index >= 15 is 0 Å². The van der Waals surface area contributed by atoms with Gasteiger partial charge in [-0.15, -0.1) is 0 Å². The van der Waals surface area contributed by atoms with E-state index in [1.165, 1.54) is 0 Å². The van der Waals surface area contributed by atoms with Crippen molar-refractivity contribution >= 4 is 6.29 Å². The Morgan fingerprint density at radius 3 is 2.56 bits per heavy atom. The lowest BCUT2D eigenvalue weighted by Crippen LogP contribution is -1.98. The fourth-order valence-corrected chi connectivity index (χ4v) is 1.38. The summed E-state index contributed by atoms with van der Waals surface area (Å²) in [5, 5.41) is 0. The number of hydrogen-bond acceptors (Lipinski definition) is 2. The van der Waals surface area contributed by atoms with Crippen molar-refractivity contribution in [3.05, 3.63) is 42.0 Å². The van der Waals surface area contributed by atoms with E-state index in [9.17, 15) is 4.79 Å². The monoisotopic (exact) mass is 218 g/mol. The van der Waals surface area contributed by atoms with Crippen LogP contribution in [0.4, 0.5) is 0 Å². The second-order valence-electron chi connectivity index (χ2n) is 4.12. The van der Waals surface area contributed by atoms with Crippen LogP contribution >= 0.6 is 0 Å².